The molecule has 7 nitrogen and oxygen atoms in total. The van der Waals surface area contributed by atoms with E-state index >= 15 is 0 Å². The molecule has 0 bridgehead atoms. The first-order valence-electron chi connectivity index (χ1n) is 9.21. The summed E-state index contributed by atoms with van der Waals surface area (Å²) in [5, 5.41) is 11.1. The van der Waals surface area contributed by atoms with Gasteiger partial charge in [0.25, 0.3) is 5.91 Å². The van der Waals surface area contributed by atoms with Crippen molar-refractivity contribution < 1.29 is 19.1 Å². The number of ether oxygens (including phenoxy) is 1. The number of β-amino-alcohol motifs (C(OH)–C–C–N with tert-alkyl or cyclic N) is 1. The first-order chi connectivity index (χ1) is 12.5. The molecule has 1 amide bonds. The molecule has 2 fully saturated rings. The minimum absolute atomic E-state index is 0.119. The van der Waals surface area contributed by atoms with Gasteiger partial charge in [0.2, 0.25) is 0 Å². The van der Waals surface area contributed by atoms with Crippen LogP contribution in [-0.2, 0) is 4.74 Å². The van der Waals surface area contributed by atoms with Gasteiger partial charge in [0.15, 0.2) is 11.5 Å². The van der Waals surface area contributed by atoms with E-state index < -0.39 is 5.60 Å². The highest BCUT2D eigenvalue weighted by Gasteiger charge is 2.37. The lowest BCUT2D eigenvalue weighted by molar-refractivity contribution is -0.0524. The number of hydrogen-bond acceptors (Lipinski definition) is 6. The zero-order valence-corrected chi connectivity index (χ0v) is 15.1. The van der Waals surface area contributed by atoms with E-state index in [0.717, 1.165) is 31.4 Å². The minimum atomic E-state index is -1.04. The van der Waals surface area contributed by atoms with Crippen molar-refractivity contribution >= 4 is 17.0 Å². The van der Waals surface area contributed by atoms with Crippen LogP contribution < -0.4 is 0 Å². The van der Waals surface area contributed by atoms with Gasteiger partial charge in [-0.15, -0.1) is 0 Å². The van der Waals surface area contributed by atoms with Crippen LogP contribution in [0.3, 0.4) is 0 Å². The fourth-order valence-electron chi connectivity index (χ4n) is 3.90. The predicted octanol–water partition coefficient (Wildman–Crippen LogP) is 1.44. The monoisotopic (exact) mass is 359 g/mol. The first kappa shape index (κ1) is 17.5. The zero-order chi connectivity index (χ0) is 18.1. The second-order valence-electron chi connectivity index (χ2n) is 7.40. The molecule has 0 radical (unpaired) electrons. The number of nitrogens with zero attached hydrogens (tertiary/aromatic N) is 3. The molecular formula is C19H25N3O4. The highest BCUT2D eigenvalue weighted by Crippen LogP contribution is 2.21. The molecule has 4 rings (SSSR count). The van der Waals surface area contributed by atoms with E-state index in [-0.39, 0.29) is 19.1 Å². The molecular weight excluding hydrogens is 334 g/mol. The Morgan fingerprint density at radius 3 is 2.92 bits per heavy atom. The molecule has 0 spiro atoms. The van der Waals surface area contributed by atoms with Gasteiger partial charge in [-0.25, -0.2) is 4.98 Å². The van der Waals surface area contributed by atoms with Gasteiger partial charge in [0.1, 0.15) is 11.1 Å². The molecule has 26 heavy (non-hydrogen) atoms. The fraction of sp³-hybridized carbons (Fsp3) is 0.579. The van der Waals surface area contributed by atoms with Crippen LogP contribution in [0.25, 0.3) is 11.1 Å². The Balaban J connectivity index is 1.52. The quantitative estimate of drug-likeness (QED) is 0.893. The molecule has 2 saturated heterocycles. The molecule has 1 N–H and O–H groups in total. The molecule has 2 aromatic rings. The number of aromatic nitrogens is 1. The summed E-state index contributed by atoms with van der Waals surface area (Å²) in [4.78, 5) is 21.2. The number of hydrogen-bond donors (Lipinski definition) is 1. The van der Waals surface area contributed by atoms with Crippen LogP contribution in [0.1, 0.15) is 29.1 Å². The Hall–Kier alpha value is -1.96. The standard InChI is InChI=1S/C19H25N3O4/c1-14-20-16-5-4-15(10-17(16)26-14)18(23)22-8-9-25-13-19(24,12-22)11-21-6-2-3-7-21/h4-5,10,24H,2-3,6-9,11-13H2,1H3. The fourth-order valence-corrected chi connectivity index (χ4v) is 3.90. The van der Waals surface area contributed by atoms with E-state index in [0.29, 0.717) is 36.7 Å². The summed E-state index contributed by atoms with van der Waals surface area (Å²) in [6, 6.07) is 5.28. The molecule has 7 heteroatoms. The second-order valence-corrected chi connectivity index (χ2v) is 7.40. The number of rotatable bonds is 3. The summed E-state index contributed by atoms with van der Waals surface area (Å²) in [7, 11) is 0. The molecule has 1 unspecified atom stereocenters. The SMILES string of the molecule is Cc1nc2ccc(C(=O)N3CCOCC(O)(CN4CCCC4)C3)cc2o1. The summed E-state index contributed by atoms with van der Waals surface area (Å²) >= 11 is 0. The van der Waals surface area contributed by atoms with Crippen LogP contribution in [0.15, 0.2) is 22.6 Å². The zero-order valence-electron chi connectivity index (χ0n) is 15.1. The van der Waals surface area contributed by atoms with Gasteiger partial charge < -0.3 is 24.1 Å². The predicted molar refractivity (Wildman–Crippen MR) is 96.1 cm³/mol. The van der Waals surface area contributed by atoms with E-state index in [1.807, 2.05) is 0 Å². The van der Waals surface area contributed by atoms with Crippen LogP contribution in [0.4, 0.5) is 0 Å². The first-order valence-corrected chi connectivity index (χ1v) is 9.21. The van der Waals surface area contributed by atoms with Crippen molar-refractivity contribution in [2.75, 3.05) is 45.9 Å². The van der Waals surface area contributed by atoms with Crippen molar-refractivity contribution in [3.63, 3.8) is 0 Å². The lowest BCUT2D eigenvalue weighted by Crippen LogP contribution is -2.53. The van der Waals surface area contributed by atoms with E-state index in [1.165, 1.54) is 0 Å². The number of aryl methyl sites for hydroxylation is 1. The maximum absolute atomic E-state index is 13.0. The van der Waals surface area contributed by atoms with Crippen LogP contribution >= 0.6 is 0 Å². The van der Waals surface area contributed by atoms with Gasteiger partial charge in [0, 0.05) is 25.6 Å². The van der Waals surface area contributed by atoms with Gasteiger partial charge in [-0.1, -0.05) is 0 Å². The molecule has 1 aromatic carbocycles. The maximum Gasteiger partial charge on any atom is 0.254 e. The summed E-state index contributed by atoms with van der Waals surface area (Å²) in [6.07, 6.45) is 2.33. The van der Waals surface area contributed by atoms with Gasteiger partial charge >= 0.3 is 0 Å². The Morgan fingerprint density at radius 1 is 1.31 bits per heavy atom. The molecule has 0 aliphatic carbocycles. The number of likely N-dealkylation sites (tertiary alicyclic amines) is 1. The van der Waals surface area contributed by atoms with Crippen LogP contribution in [0.5, 0.6) is 0 Å². The second kappa shape index (κ2) is 6.98. The van der Waals surface area contributed by atoms with Crippen molar-refractivity contribution in [3.05, 3.63) is 29.7 Å². The lowest BCUT2D eigenvalue weighted by atomic mass is 10.0. The van der Waals surface area contributed by atoms with Gasteiger partial charge in [-0.3, -0.25) is 4.79 Å². The van der Waals surface area contributed by atoms with Crippen molar-refractivity contribution in [1.82, 2.24) is 14.8 Å². The molecule has 140 valence electrons. The third kappa shape index (κ3) is 3.60. The van der Waals surface area contributed by atoms with Crippen molar-refractivity contribution in [3.8, 4) is 0 Å². The lowest BCUT2D eigenvalue weighted by Gasteiger charge is -2.34. The molecule has 2 aliphatic heterocycles. The summed E-state index contributed by atoms with van der Waals surface area (Å²) in [6.45, 7) is 5.74. The van der Waals surface area contributed by atoms with Crippen molar-refractivity contribution in [2.45, 2.75) is 25.4 Å². The van der Waals surface area contributed by atoms with E-state index in [9.17, 15) is 9.90 Å². The summed E-state index contributed by atoms with van der Waals surface area (Å²) in [5.41, 5.74) is 0.846. The number of carbonyl (C=O) groups excluding carboxylic acids is 1. The normalized spacial score (nSPS) is 24.9. The smallest absolute Gasteiger partial charge is 0.254 e. The average Bonchev–Trinajstić information content (AvgIpc) is 3.19. The molecule has 1 aromatic heterocycles. The van der Waals surface area contributed by atoms with Crippen LogP contribution in [-0.4, -0.2) is 77.3 Å². The molecule has 0 saturated carbocycles. The van der Waals surface area contributed by atoms with Gasteiger partial charge in [0.05, 0.1) is 19.8 Å². The van der Waals surface area contributed by atoms with Gasteiger partial charge in [-0.05, 0) is 44.1 Å². The Morgan fingerprint density at radius 2 is 2.12 bits per heavy atom. The number of amides is 1. The van der Waals surface area contributed by atoms with E-state index in [4.69, 9.17) is 9.15 Å². The third-order valence-electron chi connectivity index (χ3n) is 5.11. The van der Waals surface area contributed by atoms with E-state index in [2.05, 4.69) is 9.88 Å². The summed E-state index contributed by atoms with van der Waals surface area (Å²) < 4.78 is 11.1. The molecule has 1 atom stereocenters. The van der Waals surface area contributed by atoms with Crippen LogP contribution in [0.2, 0.25) is 0 Å². The Labute approximate surface area is 152 Å². The Kier molecular flexibility index (Phi) is 4.69. The highest BCUT2D eigenvalue weighted by atomic mass is 16.5. The van der Waals surface area contributed by atoms with Gasteiger partial charge in [-0.2, -0.15) is 0 Å². The number of carbonyl (C=O) groups is 1. The number of oxazole rings is 1. The number of benzene rings is 1. The van der Waals surface area contributed by atoms with Crippen molar-refractivity contribution in [1.29, 1.82) is 0 Å². The minimum Gasteiger partial charge on any atom is -0.441 e. The summed E-state index contributed by atoms with van der Waals surface area (Å²) in [5.74, 6) is 0.457. The number of aliphatic hydroxyl groups is 1. The molecule has 3 heterocycles. The third-order valence-corrected chi connectivity index (χ3v) is 5.11. The highest BCUT2D eigenvalue weighted by molar-refractivity contribution is 5.97. The Bertz CT molecular complexity index is 799. The topological polar surface area (TPSA) is 79.0 Å². The van der Waals surface area contributed by atoms with Crippen LogP contribution in [0, 0.1) is 6.92 Å². The maximum atomic E-state index is 13.0. The largest absolute Gasteiger partial charge is 0.441 e. The van der Waals surface area contributed by atoms with E-state index in [1.54, 1.807) is 30.0 Å². The average molecular weight is 359 g/mol. The number of fused-ring (bicyclic) bond motifs is 1. The molecule has 2 aliphatic rings. The van der Waals surface area contributed by atoms with Crippen molar-refractivity contribution in [2.24, 2.45) is 0 Å².